The Kier molecular flexibility index (Phi) is 2.60. The van der Waals surface area contributed by atoms with Crippen LogP contribution in [0, 0.1) is 11.8 Å². The van der Waals surface area contributed by atoms with Gasteiger partial charge in [-0.1, -0.05) is 36.3 Å². The van der Waals surface area contributed by atoms with Gasteiger partial charge in [0.05, 0.1) is 6.04 Å². The zero-order chi connectivity index (χ0) is 12.5. The van der Waals surface area contributed by atoms with E-state index >= 15 is 0 Å². The summed E-state index contributed by atoms with van der Waals surface area (Å²) in [6.07, 6.45) is -0.658. The lowest BCUT2D eigenvalue weighted by Crippen LogP contribution is -2.07. The van der Waals surface area contributed by atoms with Crippen molar-refractivity contribution in [2.75, 3.05) is 0 Å². The molecular weight excluding hydrogens is 229 g/mol. The number of nitrogens with zero attached hydrogens (tertiary/aromatic N) is 3. The van der Waals surface area contributed by atoms with Gasteiger partial charge in [0, 0.05) is 6.42 Å². The number of rotatable bonds is 1. The van der Waals surface area contributed by atoms with Crippen molar-refractivity contribution in [2.45, 2.75) is 25.6 Å². The van der Waals surface area contributed by atoms with Crippen LogP contribution in [0.5, 0.6) is 0 Å². The van der Waals surface area contributed by atoms with E-state index in [-0.39, 0.29) is 6.04 Å². The molecule has 1 aromatic heterocycles. The summed E-state index contributed by atoms with van der Waals surface area (Å²) in [5.41, 5.74) is 1.06. The highest BCUT2D eigenvalue weighted by Crippen LogP contribution is 2.38. The highest BCUT2D eigenvalue weighted by atomic mass is 19.1. The largest absolute Gasteiger partial charge is 0.239 e. The van der Waals surface area contributed by atoms with Gasteiger partial charge in [0.2, 0.25) is 5.82 Å². The number of alkyl halides is 1. The summed E-state index contributed by atoms with van der Waals surface area (Å²) < 4.78 is 15.6. The maximum absolute atomic E-state index is 13.9. The molecule has 0 unspecified atom stereocenters. The van der Waals surface area contributed by atoms with Gasteiger partial charge in [-0.3, -0.25) is 0 Å². The summed E-state index contributed by atoms with van der Waals surface area (Å²) in [6, 6.07) is 9.74. The summed E-state index contributed by atoms with van der Waals surface area (Å²) in [4.78, 5) is 4.14. The Morgan fingerprint density at radius 3 is 2.83 bits per heavy atom. The molecule has 1 aromatic carbocycles. The monoisotopic (exact) mass is 241 g/mol. The lowest BCUT2D eigenvalue weighted by molar-refractivity contribution is 0.328. The Morgan fingerprint density at radius 2 is 2.11 bits per heavy atom. The normalized spacial score (nSPS) is 21.2. The van der Waals surface area contributed by atoms with E-state index in [4.69, 9.17) is 0 Å². The molecule has 0 saturated carbocycles. The van der Waals surface area contributed by atoms with E-state index in [1.54, 1.807) is 11.6 Å². The molecule has 2 heterocycles. The molecule has 1 aliphatic heterocycles. The zero-order valence-corrected chi connectivity index (χ0v) is 9.97. The van der Waals surface area contributed by atoms with E-state index in [0.29, 0.717) is 18.1 Å². The van der Waals surface area contributed by atoms with Crippen LogP contribution in [0.3, 0.4) is 0 Å². The van der Waals surface area contributed by atoms with Crippen LogP contribution < -0.4 is 0 Å². The highest BCUT2D eigenvalue weighted by molar-refractivity contribution is 5.26. The fraction of sp³-hybridized carbons (Fsp3) is 0.286. The number of halogens is 1. The number of benzene rings is 1. The summed E-state index contributed by atoms with van der Waals surface area (Å²) in [7, 11) is 0. The minimum absolute atomic E-state index is 0.0730. The molecule has 18 heavy (non-hydrogen) atoms. The highest BCUT2D eigenvalue weighted by Gasteiger charge is 2.34. The Balaban J connectivity index is 2.04. The van der Waals surface area contributed by atoms with Gasteiger partial charge in [-0.25, -0.2) is 14.1 Å². The number of aromatic nitrogens is 3. The number of fused-ring (bicyclic) bond motifs is 1. The third-order valence-electron chi connectivity index (χ3n) is 3.08. The van der Waals surface area contributed by atoms with Crippen LogP contribution in [0.15, 0.2) is 30.3 Å². The van der Waals surface area contributed by atoms with Gasteiger partial charge in [0.25, 0.3) is 0 Å². The van der Waals surface area contributed by atoms with Crippen molar-refractivity contribution >= 4 is 0 Å². The van der Waals surface area contributed by atoms with Crippen LogP contribution in [0.25, 0.3) is 0 Å². The van der Waals surface area contributed by atoms with Gasteiger partial charge in [-0.2, -0.15) is 0 Å². The second kappa shape index (κ2) is 4.26. The standard InChI is InChI=1S/C14H12FN3/c1-2-6-13-16-14-11(15)9-12(18(14)17-13)10-7-4-3-5-8-10/h3-5,7-8,11-12H,9H2,1H3/t11-,12-/m0/s1. The number of hydrogen-bond donors (Lipinski definition) is 0. The third-order valence-corrected chi connectivity index (χ3v) is 3.08. The van der Waals surface area contributed by atoms with E-state index < -0.39 is 6.17 Å². The van der Waals surface area contributed by atoms with Gasteiger partial charge in [0.1, 0.15) is 0 Å². The van der Waals surface area contributed by atoms with E-state index in [9.17, 15) is 4.39 Å². The van der Waals surface area contributed by atoms with E-state index in [1.165, 1.54) is 0 Å². The maximum Gasteiger partial charge on any atom is 0.225 e. The van der Waals surface area contributed by atoms with Gasteiger partial charge in [-0.05, 0) is 18.4 Å². The Hall–Kier alpha value is -2.15. The van der Waals surface area contributed by atoms with Gasteiger partial charge in [0.15, 0.2) is 12.0 Å². The molecule has 3 rings (SSSR count). The average molecular weight is 241 g/mol. The summed E-state index contributed by atoms with van der Waals surface area (Å²) in [5, 5.41) is 4.28. The minimum atomic E-state index is -1.06. The second-order valence-electron chi connectivity index (χ2n) is 4.24. The van der Waals surface area contributed by atoms with Crippen LogP contribution in [-0.4, -0.2) is 14.8 Å². The molecular formula is C14H12FN3. The van der Waals surface area contributed by atoms with Gasteiger partial charge < -0.3 is 0 Å². The first-order chi connectivity index (χ1) is 8.79. The van der Waals surface area contributed by atoms with E-state index in [0.717, 1.165) is 5.56 Å². The third kappa shape index (κ3) is 1.68. The van der Waals surface area contributed by atoms with Crippen LogP contribution >= 0.6 is 0 Å². The van der Waals surface area contributed by atoms with Crippen molar-refractivity contribution in [1.29, 1.82) is 0 Å². The molecule has 0 N–H and O–H groups in total. The van der Waals surface area contributed by atoms with Crippen molar-refractivity contribution in [3.05, 3.63) is 47.5 Å². The first kappa shape index (κ1) is 11.0. The Morgan fingerprint density at radius 1 is 1.33 bits per heavy atom. The molecule has 0 radical (unpaired) electrons. The van der Waals surface area contributed by atoms with Crippen molar-refractivity contribution in [3.63, 3.8) is 0 Å². The summed E-state index contributed by atoms with van der Waals surface area (Å²) >= 11 is 0. The Labute approximate surface area is 105 Å². The molecule has 1 aliphatic rings. The molecule has 3 nitrogen and oxygen atoms in total. The molecule has 4 heteroatoms. The molecule has 0 amide bonds. The Bertz CT molecular complexity index is 621. The van der Waals surface area contributed by atoms with Crippen LogP contribution in [0.4, 0.5) is 4.39 Å². The predicted molar refractivity (Wildman–Crippen MR) is 65.6 cm³/mol. The molecule has 0 saturated heterocycles. The summed E-state index contributed by atoms with van der Waals surface area (Å²) in [5.74, 6) is 6.29. The molecule has 0 spiro atoms. The first-order valence-corrected chi connectivity index (χ1v) is 5.88. The average Bonchev–Trinajstić information content (AvgIpc) is 2.92. The van der Waals surface area contributed by atoms with E-state index in [1.807, 2.05) is 30.3 Å². The van der Waals surface area contributed by atoms with Crippen LogP contribution in [0.1, 0.15) is 42.8 Å². The molecule has 0 fully saturated rings. The molecule has 90 valence electrons. The van der Waals surface area contributed by atoms with Crippen LogP contribution in [0.2, 0.25) is 0 Å². The van der Waals surface area contributed by atoms with Gasteiger partial charge in [-0.15, -0.1) is 5.10 Å². The molecule has 2 atom stereocenters. The van der Waals surface area contributed by atoms with Crippen LogP contribution in [-0.2, 0) is 0 Å². The topological polar surface area (TPSA) is 30.7 Å². The quantitative estimate of drug-likeness (QED) is 0.719. The first-order valence-electron chi connectivity index (χ1n) is 5.88. The summed E-state index contributed by atoms with van der Waals surface area (Å²) in [6.45, 7) is 1.72. The predicted octanol–water partition coefficient (Wildman–Crippen LogP) is 2.65. The van der Waals surface area contributed by atoms with Crippen molar-refractivity contribution in [1.82, 2.24) is 14.8 Å². The maximum atomic E-state index is 13.9. The fourth-order valence-electron chi connectivity index (χ4n) is 2.30. The number of hydrogen-bond acceptors (Lipinski definition) is 2. The SMILES string of the molecule is CC#Cc1nc2n(n1)[C@H](c1ccccc1)C[C@@H]2F. The van der Waals surface area contributed by atoms with E-state index in [2.05, 4.69) is 21.9 Å². The second-order valence-corrected chi connectivity index (χ2v) is 4.24. The lowest BCUT2D eigenvalue weighted by Gasteiger charge is -2.10. The van der Waals surface area contributed by atoms with Crippen molar-refractivity contribution < 1.29 is 4.39 Å². The smallest absolute Gasteiger partial charge is 0.225 e. The molecule has 0 aliphatic carbocycles. The molecule has 0 bridgehead atoms. The molecule has 2 aromatic rings. The van der Waals surface area contributed by atoms with Gasteiger partial charge >= 0.3 is 0 Å². The fourth-order valence-corrected chi connectivity index (χ4v) is 2.30. The van der Waals surface area contributed by atoms with Crippen molar-refractivity contribution in [3.8, 4) is 11.8 Å². The van der Waals surface area contributed by atoms with Crippen molar-refractivity contribution in [2.24, 2.45) is 0 Å². The lowest BCUT2D eigenvalue weighted by atomic mass is 10.0. The zero-order valence-electron chi connectivity index (χ0n) is 9.97. The minimum Gasteiger partial charge on any atom is -0.239 e.